The van der Waals surface area contributed by atoms with Crippen LogP contribution in [0, 0.1) is 0 Å². The van der Waals surface area contributed by atoms with Crippen LogP contribution < -0.4 is 33.6 Å². The number of benzene rings is 2. The summed E-state index contributed by atoms with van der Waals surface area (Å²) in [5.74, 6) is 1.22. The van der Waals surface area contributed by atoms with E-state index in [0.717, 1.165) is 5.30 Å². The molecule has 0 saturated carbocycles. The maximum absolute atomic E-state index is 12.6. The van der Waals surface area contributed by atoms with Gasteiger partial charge < -0.3 is 10.9 Å². The number of halogens is 2. The predicted molar refractivity (Wildman–Crippen MR) is 94.0 cm³/mol. The number of ether oxygens (including phenoxy) is 2. The molecule has 0 amide bonds. The van der Waals surface area contributed by atoms with Gasteiger partial charge in [-0.05, 0) is 33.7 Å². The third-order valence-corrected chi connectivity index (χ3v) is 4.67. The molecule has 0 aromatic heterocycles. The molecule has 3 nitrogen and oxygen atoms in total. The molecule has 7 heteroatoms. The van der Waals surface area contributed by atoms with Crippen molar-refractivity contribution in [3.8, 4) is 11.5 Å². The monoisotopic (exact) mass is 364 g/mol. The molecule has 1 unspecified atom stereocenters. The van der Waals surface area contributed by atoms with Gasteiger partial charge in [0, 0.05) is 5.30 Å². The predicted octanol–water partition coefficient (Wildman–Crippen LogP) is 1.66. The van der Waals surface area contributed by atoms with Gasteiger partial charge in [0.15, 0.2) is 5.52 Å². The fourth-order valence-corrected chi connectivity index (χ4v) is 3.82. The van der Waals surface area contributed by atoms with Crippen molar-refractivity contribution in [3.63, 3.8) is 0 Å². The number of rotatable bonds is 6. The smallest absolute Gasteiger partial charge is 1.00 e. The third-order valence-electron chi connectivity index (χ3n) is 2.91. The summed E-state index contributed by atoms with van der Waals surface area (Å²) in [6, 6.07) is 10.6. The van der Waals surface area contributed by atoms with Crippen LogP contribution in [-0.4, -0.2) is 19.2 Å². The summed E-state index contributed by atoms with van der Waals surface area (Å²) in [5.41, 5.74) is 0.179. The summed E-state index contributed by atoms with van der Waals surface area (Å²) in [6.45, 7) is 2.44. The molecular weight excluding hydrogens is 349 g/mol. The number of carbonyl (C=O) groups excluding carboxylic acids is 1. The fourth-order valence-electron chi connectivity index (χ4n) is 1.92. The van der Waals surface area contributed by atoms with E-state index in [1.165, 1.54) is 7.11 Å². The first kappa shape index (κ1) is 20.4. The second kappa shape index (κ2) is 9.57. The summed E-state index contributed by atoms with van der Waals surface area (Å²) in [4.78, 5) is 12.6. The van der Waals surface area contributed by atoms with Gasteiger partial charge in [0.2, 0.25) is 0 Å². The number of methoxy groups -OCH3 is 1. The molecule has 0 spiro atoms. The van der Waals surface area contributed by atoms with E-state index in [2.05, 4.69) is 0 Å². The molecule has 0 N–H and O–H groups in total. The summed E-state index contributed by atoms with van der Waals surface area (Å²) in [7, 11) is 1.40. The van der Waals surface area contributed by atoms with Crippen LogP contribution >= 0.6 is 31.8 Å². The minimum Gasteiger partial charge on any atom is -1.00 e. The van der Waals surface area contributed by atoms with Crippen LogP contribution in [0.25, 0.3) is 0 Å². The first-order chi connectivity index (χ1) is 10.6. The van der Waals surface area contributed by atoms with Crippen molar-refractivity contribution in [1.29, 1.82) is 0 Å². The van der Waals surface area contributed by atoms with Gasteiger partial charge in [-0.3, -0.25) is 4.79 Å². The molecule has 0 heterocycles. The summed E-state index contributed by atoms with van der Waals surface area (Å²) >= 11 is 12.3. The Kier molecular flexibility index (Phi) is 8.48. The Labute approximate surface area is 161 Å². The van der Waals surface area contributed by atoms with E-state index in [0.29, 0.717) is 23.7 Å². The van der Waals surface area contributed by atoms with E-state index in [1.807, 2.05) is 31.2 Å². The number of para-hydroxylation sites is 1. The first-order valence-corrected chi connectivity index (χ1v) is 8.38. The minimum absolute atomic E-state index is 0. The van der Waals surface area contributed by atoms with Gasteiger partial charge >= 0.3 is 18.9 Å². The molecule has 1 atom stereocenters. The summed E-state index contributed by atoms with van der Waals surface area (Å²) < 4.78 is 10.6. The molecule has 0 bridgehead atoms. The van der Waals surface area contributed by atoms with Gasteiger partial charge in [-0.1, -0.05) is 41.4 Å². The van der Waals surface area contributed by atoms with Gasteiger partial charge in [0.1, 0.15) is 11.5 Å². The van der Waals surface area contributed by atoms with E-state index in [1.54, 1.807) is 12.1 Å². The van der Waals surface area contributed by atoms with E-state index in [4.69, 9.17) is 32.7 Å². The van der Waals surface area contributed by atoms with Gasteiger partial charge in [0.05, 0.1) is 29.3 Å². The van der Waals surface area contributed by atoms with E-state index < -0.39 is 0 Å². The molecule has 0 aliphatic heterocycles. The van der Waals surface area contributed by atoms with Gasteiger partial charge in [-0.15, -0.1) is 0 Å². The maximum Gasteiger partial charge on any atom is 1.00 e. The van der Waals surface area contributed by atoms with Crippen LogP contribution in [0.2, 0.25) is 10.0 Å². The molecule has 0 aliphatic carbocycles. The van der Waals surface area contributed by atoms with Gasteiger partial charge in [0.25, 0.3) is 0 Å². The first-order valence-electron chi connectivity index (χ1n) is 6.63. The Hall–Kier alpha value is -0.683. The van der Waals surface area contributed by atoms with Crippen LogP contribution in [0.15, 0.2) is 36.4 Å². The second-order valence-corrected chi connectivity index (χ2v) is 6.41. The van der Waals surface area contributed by atoms with Crippen molar-refractivity contribution in [2.75, 3.05) is 13.7 Å². The van der Waals surface area contributed by atoms with Crippen LogP contribution in [-0.2, 0) is 0 Å². The topological polar surface area (TPSA) is 35.5 Å². The molecule has 2 aromatic carbocycles. The number of hydrogen-bond donors (Lipinski definition) is 0. The van der Waals surface area contributed by atoms with Crippen LogP contribution in [0.4, 0.5) is 0 Å². The Morgan fingerprint density at radius 3 is 2.39 bits per heavy atom. The molecular formula is C16H16Cl2LiO3P. The van der Waals surface area contributed by atoms with E-state index in [-0.39, 0.29) is 44.4 Å². The molecule has 2 aromatic rings. The Balaban J connectivity index is 0.00000264. The zero-order valence-corrected chi connectivity index (χ0v) is 15.7. The fraction of sp³-hybridized carbons (Fsp3) is 0.188. The van der Waals surface area contributed by atoms with E-state index in [9.17, 15) is 4.79 Å². The minimum atomic E-state index is -0.134. The molecule has 0 fully saturated rings. The average Bonchev–Trinajstić information content (AvgIpc) is 2.48. The van der Waals surface area contributed by atoms with Crippen molar-refractivity contribution in [2.45, 2.75) is 6.92 Å². The van der Waals surface area contributed by atoms with Gasteiger partial charge in [-0.25, -0.2) is 0 Å². The molecule has 0 saturated heterocycles. The Morgan fingerprint density at radius 1 is 1.22 bits per heavy atom. The van der Waals surface area contributed by atoms with Crippen LogP contribution in [0.1, 0.15) is 18.7 Å². The molecule has 118 valence electrons. The quantitative estimate of drug-likeness (QED) is 0.577. The Morgan fingerprint density at radius 2 is 1.83 bits per heavy atom. The largest absolute Gasteiger partial charge is 1.00 e. The standard InChI is InChI=1S/C16H15Cl2O3P.Li.H/c1-3-21-13-6-4-5-7-14(13)22-16(19)15-11(17)8-10(20-2)9-12(15)18;;/h4-9,22H,3H2,1-2H3;;/q;+1;-1. The summed E-state index contributed by atoms with van der Waals surface area (Å²) in [6.07, 6.45) is 0. The summed E-state index contributed by atoms with van der Waals surface area (Å²) in [5, 5.41) is 1.41. The van der Waals surface area contributed by atoms with Crippen molar-refractivity contribution in [3.05, 3.63) is 52.0 Å². The van der Waals surface area contributed by atoms with Crippen molar-refractivity contribution in [1.82, 2.24) is 0 Å². The second-order valence-electron chi connectivity index (χ2n) is 4.35. The zero-order chi connectivity index (χ0) is 16.1. The molecule has 0 radical (unpaired) electrons. The van der Waals surface area contributed by atoms with Crippen molar-refractivity contribution >= 4 is 42.6 Å². The third kappa shape index (κ3) is 5.15. The van der Waals surface area contributed by atoms with Crippen LogP contribution in [0.5, 0.6) is 11.5 Å². The molecule has 0 aliphatic rings. The van der Waals surface area contributed by atoms with Crippen LogP contribution in [0.3, 0.4) is 0 Å². The number of carbonyl (C=O) groups is 1. The maximum atomic E-state index is 12.6. The zero-order valence-electron chi connectivity index (χ0n) is 14.2. The number of hydrogen-bond acceptors (Lipinski definition) is 3. The van der Waals surface area contributed by atoms with Crippen molar-refractivity contribution in [2.24, 2.45) is 0 Å². The Bertz CT molecular complexity index is 678. The van der Waals surface area contributed by atoms with Gasteiger partial charge in [-0.2, -0.15) is 0 Å². The molecule has 2 rings (SSSR count). The van der Waals surface area contributed by atoms with E-state index >= 15 is 0 Å². The SMILES string of the molecule is CCOc1ccccc1PC(=O)c1c(Cl)cc(OC)cc1Cl.[H-].[Li+]. The average molecular weight is 365 g/mol. The normalized spacial score (nSPS) is 10.4. The molecule has 23 heavy (non-hydrogen) atoms. The van der Waals surface area contributed by atoms with Crippen molar-refractivity contribution < 1.29 is 34.6 Å².